The van der Waals surface area contributed by atoms with E-state index in [1.54, 1.807) is 0 Å². The fraction of sp³-hybridized carbons (Fsp3) is 0.786. The van der Waals surface area contributed by atoms with Crippen molar-refractivity contribution in [2.45, 2.75) is 51.1 Å². The molecule has 2 atom stereocenters. The molecule has 116 valence electrons. The molecule has 7 heteroatoms. The highest BCUT2D eigenvalue weighted by Crippen LogP contribution is 2.28. The number of rotatable bonds is 5. The summed E-state index contributed by atoms with van der Waals surface area (Å²) in [5.74, 6) is 0.526. The Morgan fingerprint density at radius 2 is 2.19 bits per heavy atom. The summed E-state index contributed by atoms with van der Waals surface area (Å²) in [5.41, 5.74) is 0. The molecular weight excluding hydrogens is 290 g/mol. The highest BCUT2D eigenvalue weighted by molar-refractivity contribution is 6.28. The first-order valence-corrected chi connectivity index (χ1v) is 8.17. The lowest BCUT2D eigenvalue weighted by Gasteiger charge is -2.35. The molecule has 0 bridgehead atoms. The van der Waals surface area contributed by atoms with E-state index in [4.69, 9.17) is 16.3 Å². The number of piperidine rings is 1. The Hall–Kier alpha value is -1.14. The summed E-state index contributed by atoms with van der Waals surface area (Å²) in [6.45, 7) is 5.03. The molecule has 1 aromatic rings. The van der Waals surface area contributed by atoms with Crippen molar-refractivity contribution in [1.82, 2.24) is 19.9 Å². The Balaban J connectivity index is 1.62. The third-order valence-corrected chi connectivity index (χ3v) is 4.35. The molecule has 21 heavy (non-hydrogen) atoms. The fourth-order valence-electron chi connectivity index (χ4n) is 3.19. The first-order chi connectivity index (χ1) is 10.2. The monoisotopic (exact) mass is 311 g/mol. The van der Waals surface area contributed by atoms with E-state index in [2.05, 4.69) is 25.2 Å². The molecule has 2 fully saturated rings. The van der Waals surface area contributed by atoms with Gasteiger partial charge in [0, 0.05) is 18.6 Å². The maximum absolute atomic E-state index is 5.95. The summed E-state index contributed by atoms with van der Waals surface area (Å²) in [6.07, 6.45) is 5.80. The summed E-state index contributed by atoms with van der Waals surface area (Å²) in [4.78, 5) is 15.0. The van der Waals surface area contributed by atoms with Gasteiger partial charge in [0.2, 0.25) is 11.2 Å². The van der Waals surface area contributed by atoms with Crippen LogP contribution in [0.5, 0.6) is 6.01 Å². The van der Waals surface area contributed by atoms with Crippen molar-refractivity contribution in [3.8, 4) is 6.01 Å². The Labute approximate surface area is 130 Å². The van der Waals surface area contributed by atoms with Crippen LogP contribution in [-0.2, 0) is 0 Å². The van der Waals surface area contributed by atoms with Gasteiger partial charge >= 0.3 is 6.01 Å². The molecule has 1 aromatic heterocycles. The molecule has 0 aromatic carbocycles. The molecule has 2 unspecified atom stereocenters. The van der Waals surface area contributed by atoms with E-state index in [1.807, 2.05) is 6.92 Å². The fourth-order valence-corrected chi connectivity index (χ4v) is 3.34. The van der Waals surface area contributed by atoms with Crippen LogP contribution in [0.1, 0.15) is 39.0 Å². The minimum Gasteiger partial charge on any atom is -0.463 e. The minimum atomic E-state index is 0.178. The maximum Gasteiger partial charge on any atom is 0.322 e. The molecule has 2 aliphatic heterocycles. The second kappa shape index (κ2) is 6.75. The van der Waals surface area contributed by atoms with Crippen LogP contribution in [0.4, 0.5) is 5.95 Å². The highest BCUT2D eigenvalue weighted by atomic mass is 35.5. The largest absolute Gasteiger partial charge is 0.463 e. The van der Waals surface area contributed by atoms with Crippen LogP contribution < -0.4 is 10.1 Å². The van der Waals surface area contributed by atoms with Crippen molar-refractivity contribution in [3.63, 3.8) is 0 Å². The molecular formula is C14H22ClN5O. The second-order valence-corrected chi connectivity index (χ2v) is 6.09. The zero-order valence-electron chi connectivity index (χ0n) is 12.4. The molecule has 0 aliphatic carbocycles. The van der Waals surface area contributed by atoms with Crippen LogP contribution in [0.15, 0.2) is 0 Å². The van der Waals surface area contributed by atoms with Gasteiger partial charge in [-0.15, -0.1) is 0 Å². The normalized spacial score (nSPS) is 25.6. The van der Waals surface area contributed by atoms with Crippen molar-refractivity contribution < 1.29 is 4.74 Å². The molecule has 0 saturated carbocycles. The smallest absolute Gasteiger partial charge is 0.322 e. The first-order valence-electron chi connectivity index (χ1n) is 7.79. The number of hydrogen-bond donors (Lipinski definition) is 1. The lowest BCUT2D eigenvalue weighted by molar-refractivity contribution is 0.187. The highest BCUT2D eigenvalue weighted by Gasteiger charge is 2.31. The van der Waals surface area contributed by atoms with Gasteiger partial charge in [-0.2, -0.15) is 15.0 Å². The van der Waals surface area contributed by atoms with Crippen LogP contribution in [0.3, 0.4) is 0 Å². The predicted octanol–water partition coefficient (Wildman–Crippen LogP) is 2.35. The van der Waals surface area contributed by atoms with Gasteiger partial charge in [0.25, 0.3) is 0 Å². The Bertz CT molecular complexity index is 486. The summed E-state index contributed by atoms with van der Waals surface area (Å²) >= 11 is 5.95. The van der Waals surface area contributed by atoms with E-state index < -0.39 is 0 Å². The topological polar surface area (TPSA) is 63.2 Å². The van der Waals surface area contributed by atoms with Gasteiger partial charge in [0.15, 0.2) is 0 Å². The van der Waals surface area contributed by atoms with Gasteiger partial charge in [-0.05, 0) is 50.2 Å². The second-order valence-electron chi connectivity index (χ2n) is 5.76. The molecule has 0 spiro atoms. The maximum atomic E-state index is 5.95. The predicted molar refractivity (Wildman–Crippen MR) is 81.9 cm³/mol. The number of anilines is 1. The Morgan fingerprint density at radius 3 is 3.05 bits per heavy atom. The SMILES string of the molecule is CCCOc1nc(Cl)nc(NC2CCN3CCCC3C2)n1. The molecule has 2 aliphatic rings. The van der Waals surface area contributed by atoms with Gasteiger partial charge in [-0.1, -0.05) is 6.92 Å². The third kappa shape index (κ3) is 3.74. The molecule has 1 N–H and O–H groups in total. The van der Waals surface area contributed by atoms with Crippen molar-refractivity contribution in [3.05, 3.63) is 5.28 Å². The van der Waals surface area contributed by atoms with E-state index >= 15 is 0 Å². The van der Waals surface area contributed by atoms with Gasteiger partial charge in [0.1, 0.15) is 0 Å². The lowest BCUT2D eigenvalue weighted by Crippen LogP contribution is -2.43. The van der Waals surface area contributed by atoms with E-state index in [0.717, 1.165) is 25.8 Å². The first kappa shape index (κ1) is 14.8. The van der Waals surface area contributed by atoms with Crippen molar-refractivity contribution in [2.75, 3.05) is 25.0 Å². The van der Waals surface area contributed by atoms with E-state index in [9.17, 15) is 0 Å². The molecule has 3 heterocycles. The average Bonchev–Trinajstić information content (AvgIpc) is 2.92. The minimum absolute atomic E-state index is 0.178. The quantitative estimate of drug-likeness (QED) is 0.900. The summed E-state index contributed by atoms with van der Waals surface area (Å²) in [6, 6.07) is 1.42. The standard InChI is InChI=1S/C14H22ClN5O/c1-2-8-21-14-18-12(15)17-13(19-14)16-10-5-7-20-6-3-4-11(20)9-10/h10-11H,2-9H2,1H3,(H,16,17,18,19). The van der Waals surface area contributed by atoms with Crippen LogP contribution in [-0.4, -0.2) is 51.6 Å². The number of aromatic nitrogens is 3. The van der Waals surface area contributed by atoms with Gasteiger partial charge in [-0.3, -0.25) is 0 Å². The molecule has 0 radical (unpaired) electrons. The van der Waals surface area contributed by atoms with E-state index in [-0.39, 0.29) is 5.28 Å². The molecule has 6 nitrogen and oxygen atoms in total. The van der Waals surface area contributed by atoms with Crippen LogP contribution in [0.25, 0.3) is 0 Å². The number of nitrogens with zero attached hydrogens (tertiary/aromatic N) is 4. The Kier molecular flexibility index (Phi) is 4.75. The Morgan fingerprint density at radius 1 is 1.29 bits per heavy atom. The number of nitrogens with one attached hydrogen (secondary N) is 1. The zero-order valence-corrected chi connectivity index (χ0v) is 13.1. The third-order valence-electron chi connectivity index (χ3n) is 4.18. The van der Waals surface area contributed by atoms with Crippen molar-refractivity contribution in [1.29, 1.82) is 0 Å². The van der Waals surface area contributed by atoms with E-state index in [0.29, 0.717) is 30.6 Å². The summed E-state index contributed by atoms with van der Waals surface area (Å²) in [7, 11) is 0. The average molecular weight is 312 g/mol. The molecule has 3 rings (SSSR count). The number of halogens is 1. The molecule has 2 saturated heterocycles. The van der Waals surface area contributed by atoms with Crippen molar-refractivity contribution >= 4 is 17.5 Å². The number of ether oxygens (including phenoxy) is 1. The van der Waals surface area contributed by atoms with Gasteiger partial charge in [0.05, 0.1) is 6.61 Å². The summed E-state index contributed by atoms with van der Waals surface area (Å²) < 4.78 is 5.44. The van der Waals surface area contributed by atoms with Crippen LogP contribution >= 0.6 is 11.6 Å². The van der Waals surface area contributed by atoms with Crippen molar-refractivity contribution in [2.24, 2.45) is 0 Å². The number of fused-ring (bicyclic) bond motifs is 1. The number of hydrogen-bond acceptors (Lipinski definition) is 6. The van der Waals surface area contributed by atoms with Crippen LogP contribution in [0, 0.1) is 0 Å². The zero-order chi connectivity index (χ0) is 14.7. The van der Waals surface area contributed by atoms with E-state index in [1.165, 1.54) is 19.4 Å². The molecule has 0 amide bonds. The van der Waals surface area contributed by atoms with Crippen LogP contribution in [0.2, 0.25) is 5.28 Å². The lowest BCUT2D eigenvalue weighted by atomic mass is 9.98. The van der Waals surface area contributed by atoms with Gasteiger partial charge < -0.3 is 15.0 Å². The van der Waals surface area contributed by atoms with Gasteiger partial charge in [-0.25, -0.2) is 0 Å². The summed E-state index contributed by atoms with van der Waals surface area (Å²) in [5, 5.41) is 3.58.